The molecule has 1 amide bonds. The van der Waals surface area contributed by atoms with E-state index in [4.69, 9.17) is 11.6 Å². The van der Waals surface area contributed by atoms with Crippen molar-refractivity contribution in [1.82, 2.24) is 10.3 Å². The zero-order valence-electron chi connectivity index (χ0n) is 10.5. The third-order valence-corrected chi connectivity index (χ3v) is 3.89. The quantitative estimate of drug-likeness (QED) is 0.913. The number of rotatable bonds is 3. The van der Waals surface area contributed by atoms with Crippen molar-refractivity contribution in [3.63, 3.8) is 0 Å². The summed E-state index contributed by atoms with van der Waals surface area (Å²) in [6, 6.07) is 4.15. The van der Waals surface area contributed by atoms with Crippen molar-refractivity contribution in [2.45, 2.75) is 19.9 Å². The van der Waals surface area contributed by atoms with Crippen LogP contribution in [0.3, 0.4) is 0 Å². The molecule has 0 spiro atoms. The predicted molar refractivity (Wildman–Crippen MR) is 75.8 cm³/mol. The molecular formula is C13H13ClN2O2S. The molecule has 100 valence electrons. The Balaban J connectivity index is 2.15. The lowest BCUT2D eigenvalue weighted by atomic mass is 10.2. The van der Waals surface area contributed by atoms with Crippen LogP contribution in [0, 0.1) is 6.92 Å². The molecule has 0 bridgehead atoms. The van der Waals surface area contributed by atoms with Crippen molar-refractivity contribution in [3.05, 3.63) is 44.9 Å². The van der Waals surface area contributed by atoms with E-state index in [1.54, 1.807) is 6.20 Å². The smallest absolute Gasteiger partial charge is 0.255 e. The third kappa shape index (κ3) is 3.24. The maximum atomic E-state index is 12.1. The van der Waals surface area contributed by atoms with Gasteiger partial charge in [-0.15, -0.1) is 11.3 Å². The third-order valence-electron chi connectivity index (χ3n) is 2.56. The van der Waals surface area contributed by atoms with Crippen LogP contribution in [0.2, 0.25) is 5.02 Å². The van der Waals surface area contributed by atoms with Gasteiger partial charge in [-0.3, -0.25) is 4.79 Å². The number of nitrogens with one attached hydrogen (secondary N) is 1. The first-order valence-corrected chi connectivity index (χ1v) is 6.88. The summed E-state index contributed by atoms with van der Waals surface area (Å²) in [7, 11) is 0. The lowest BCUT2D eigenvalue weighted by Gasteiger charge is -2.12. The van der Waals surface area contributed by atoms with E-state index in [0.29, 0.717) is 5.02 Å². The van der Waals surface area contributed by atoms with E-state index in [-0.39, 0.29) is 23.3 Å². The van der Waals surface area contributed by atoms with Crippen LogP contribution in [0.15, 0.2) is 24.4 Å². The maximum Gasteiger partial charge on any atom is 0.255 e. The number of thiazole rings is 1. The minimum atomic E-state index is -0.375. The van der Waals surface area contributed by atoms with Gasteiger partial charge in [-0.25, -0.2) is 4.98 Å². The highest BCUT2D eigenvalue weighted by atomic mass is 35.5. The predicted octanol–water partition coefficient (Wildman–Crippen LogP) is 3.30. The van der Waals surface area contributed by atoms with Crippen LogP contribution in [0.1, 0.15) is 33.2 Å². The van der Waals surface area contributed by atoms with Crippen molar-refractivity contribution in [2.75, 3.05) is 0 Å². The Kier molecular flexibility index (Phi) is 4.07. The van der Waals surface area contributed by atoms with Crippen molar-refractivity contribution < 1.29 is 9.90 Å². The number of amides is 1. The Labute approximate surface area is 120 Å². The fourth-order valence-electron chi connectivity index (χ4n) is 1.60. The van der Waals surface area contributed by atoms with Gasteiger partial charge in [0.2, 0.25) is 0 Å². The number of phenols is 1. The normalized spacial score (nSPS) is 12.2. The van der Waals surface area contributed by atoms with Crippen molar-refractivity contribution in [3.8, 4) is 5.75 Å². The molecule has 1 atom stereocenters. The van der Waals surface area contributed by atoms with Crippen molar-refractivity contribution >= 4 is 28.8 Å². The minimum absolute atomic E-state index is 0.0931. The first-order chi connectivity index (χ1) is 8.97. The number of carbonyl (C=O) groups is 1. The number of aromatic nitrogens is 1. The lowest BCUT2D eigenvalue weighted by molar-refractivity contribution is 0.0937. The number of phenolic OH excluding ortho intramolecular Hbond substituents is 1. The number of hydrogen-bond acceptors (Lipinski definition) is 4. The van der Waals surface area contributed by atoms with E-state index in [1.807, 2.05) is 13.8 Å². The molecule has 0 saturated heterocycles. The van der Waals surface area contributed by atoms with Gasteiger partial charge < -0.3 is 10.4 Å². The molecule has 19 heavy (non-hydrogen) atoms. The fourth-order valence-corrected chi connectivity index (χ4v) is 2.55. The number of halogens is 1. The van der Waals surface area contributed by atoms with E-state index < -0.39 is 0 Å². The molecule has 4 nitrogen and oxygen atoms in total. The second kappa shape index (κ2) is 5.59. The highest BCUT2D eigenvalue weighted by Crippen LogP contribution is 2.23. The van der Waals surface area contributed by atoms with E-state index in [2.05, 4.69) is 10.3 Å². The van der Waals surface area contributed by atoms with Gasteiger partial charge in [0, 0.05) is 16.1 Å². The maximum absolute atomic E-state index is 12.1. The number of hydrogen-bond donors (Lipinski definition) is 2. The van der Waals surface area contributed by atoms with Gasteiger partial charge >= 0.3 is 0 Å². The zero-order valence-corrected chi connectivity index (χ0v) is 12.0. The average Bonchev–Trinajstić information content (AvgIpc) is 2.79. The van der Waals surface area contributed by atoms with Gasteiger partial charge in [0.25, 0.3) is 5.91 Å². The molecule has 1 aromatic heterocycles. The summed E-state index contributed by atoms with van der Waals surface area (Å²) in [5.41, 5.74) is 0.160. The fraction of sp³-hybridized carbons (Fsp3) is 0.231. The molecule has 6 heteroatoms. The first kappa shape index (κ1) is 13.8. The van der Waals surface area contributed by atoms with E-state index in [0.717, 1.165) is 9.88 Å². The van der Waals surface area contributed by atoms with Gasteiger partial charge in [0.05, 0.1) is 11.6 Å². The van der Waals surface area contributed by atoms with Crippen LogP contribution in [-0.2, 0) is 0 Å². The molecule has 2 aromatic rings. The summed E-state index contributed by atoms with van der Waals surface area (Å²) >= 11 is 7.34. The monoisotopic (exact) mass is 296 g/mol. The molecule has 2 N–H and O–H groups in total. The van der Waals surface area contributed by atoms with Gasteiger partial charge in [0.1, 0.15) is 10.8 Å². The van der Waals surface area contributed by atoms with Crippen LogP contribution in [0.4, 0.5) is 0 Å². The van der Waals surface area contributed by atoms with Gasteiger partial charge in [-0.2, -0.15) is 0 Å². The standard InChI is InChI=1S/C13H13ClN2O2S/c1-7-6-15-13(19-7)8(2)16-12(18)10-5-9(14)3-4-11(10)17/h3-6,8,17H,1-2H3,(H,16,18). The molecule has 1 unspecified atom stereocenters. The van der Waals surface area contributed by atoms with Crippen molar-refractivity contribution in [2.24, 2.45) is 0 Å². The Hall–Kier alpha value is -1.59. The number of aromatic hydroxyl groups is 1. The second-order valence-corrected chi connectivity index (χ2v) is 5.87. The Bertz CT molecular complexity index is 612. The molecule has 2 rings (SSSR count). The Morgan fingerprint density at radius 1 is 1.53 bits per heavy atom. The molecule has 0 aliphatic rings. The summed E-state index contributed by atoms with van der Waals surface area (Å²) in [6.07, 6.45) is 1.76. The van der Waals surface area contributed by atoms with Crippen molar-refractivity contribution in [1.29, 1.82) is 0 Å². The number of nitrogens with zero attached hydrogens (tertiary/aromatic N) is 1. The van der Waals surface area contributed by atoms with E-state index in [1.165, 1.54) is 29.5 Å². The summed E-state index contributed by atoms with van der Waals surface area (Å²) in [5, 5.41) is 13.7. The molecule has 1 aromatic carbocycles. The summed E-state index contributed by atoms with van der Waals surface area (Å²) in [4.78, 5) is 17.4. The Morgan fingerprint density at radius 2 is 2.26 bits per heavy atom. The number of carbonyl (C=O) groups excluding carboxylic acids is 1. The van der Waals surface area contributed by atoms with Gasteiger partial charge in [0.15, 0.2) is 0 Å². The Morgan fingerprint density at radius 3 is 2.89 bits per heavy atom. The van der Waals surface area contributed by atoms with E-state index >= 15 is 0 Å². The zero-order chi connectivity index (χ0) is 14.0. The van der Waals surface area contributed by atoms with Crippen LogP contribution in [0.5, 0.6) is 5.75 Å². The van der Waals surface area contributed by atoms with Crippen LogP contribution in [0.25, 0.3) is 0 Å². The molecule has 0 saturated carbocycles. The highest BCUT2D eigenvalue weighted by molar-refractivity contribution is 7.11. The summed E-state index contributed by atoms with van der Waals surface area (Å²) in [5.74, 6) is -0.468. The van der Waals surface area contributed by atoms with Crippen LogP contribution in [-0.4, -0.2) is 16.0 Å². The largest absolute Gasteiger partial charge is 0.507 e. The molecule has 0 aliphatic heterocycles. The van der Waals surface area contributed by atoms with E-state index in [9.17, 15) is 9.90 Å². The second-order valence-electron chi connectivity index (χ2n) is 4.17. The number of aryl methyl sites for hydroxylation is 1. The average molecular weight is 297 g/mol. The molecule has 0 radical (unpaired) electrons. The molecule has 1 heterocycles. The molecule has 0 fully saturated rings. The molecular weight excluding hydrogens is 284 g/mol. The van der Waals surface area contributed by atoms with Gasteiger partial charge in [-0.05, 0) is 32.0 Å². The molecule has 0 aliphatic carbocycles. The first-order valence-electron chi connectivity index (χ1n) is 5.69. The van der Waals surface area contributed by atoms with Crippen LogP contribution < -0.4 is 5.32 Å². The highest BCUT2D eigenvalue weighted by Gasteiger charge is 2.16. The van der Waals surface area contributed by atoms with Gasteiger partial charge in [-0.1, -0.05) is 11.6 Å². The van der Waals surface area contributed by atoms with Crippen LogP contribution >= 0.6 is 22.9 Å². The summed E-state index contributed by atoms with van der Waals surface area (Å²) in [6.45, 7) is 3.80. The topological polar surface area (TPSA) is 62.2 Å². The lowest BCUT2D eigenvalue weighted by Crippen LogP contribution is -2.26. The minimum Gasteiger partial charge on any atom is -0.507 e. The summed E-state index contributed by atoms with van der Waals surface area (Å²) < 4.78 is 0. The SMILES string of the molecule is Cc1cnc(C(C)NC(=O)c2cc(Cl)ccc2O)s1. The number of benzene rings is 1.